The molecule has 4 nitrogen and oxygen atoms in total. The number of hydrogen-bond donors (Lipinski definition) is 1. The van der Waals surface area contributed by atoms with Crippen molar-refractivity contribution in [3.05, 3.63) is 53.1 Å². The van der Waals surface area contributed by atoms with Crippen LogP contribution in [0.1, 0.15) is 29.5 Å². The average Bonchev–Trinajstić information content (AvgIpc) is 2.55. The second-order valence-corrected chi connectivity index (χ2v) is 8.66. The number of rotatable bonds is 4. The molecule has 1 heterocycles. The SMILES string of the molecule is Cc1cc(C)c(S(=O)(=O)c2ccc(OC3CCNCC3)cc2)c(C)c1. The van der Waals surface area contributed by atoms with Crippen LogP contribution in [0, 0.1) is 20.8 Å². The van der Waals surface area contributed by atoms with Crippen LogP contribution in [0.4, 0.5) is 0 Å². The van der Waals surface area contributed by atoms with Gasteiger partial charge in [0.25, 0.3) is 0 Å². The van der Waals surface area contributed by atoms with Crippen LogP contribution in [0.3, 0.4) is 0 Å². The van der Waals surface area contributed by atoms with Crippen LogP contribution in [-0.2, 0) is 9.84 Å². The van der Waals surface area contributed by atoms with Crippen molar-refractivity contribution in [1.82, 2.24) is 5.32 Å². The predicted octanol–water partition coefficient (Wildman–Crippen LogP) is 3.58. The summed E-state index contributed by atoms with van der Waals surface area (Å²) in [5.41, 5.74) is 2.64. The van der Waals surface area contributed by atoms with Crippen molar-refractivity contribution in [3.8, 4) is 5.75 Å². The zero-order valence-corrected chi connectivity index (χ0v) is 15.8. The van der Waals surface area contributed by atoms with E-state index in [-0.39, 0.29) is 6.10 Å². The Kier molecular flexibility index (Phi) is 5.16. The molecule has 0 amide bonds. The van der Waals surface area contributed by atoms with E-state index < -0.39 is 9.84 Å². The summed E-state index contributed by atoms with van der Waals surface area (Å²) >= 11 is 0. The summed E-state index contributed by atoms with van der Waals surface area (Å²) in [6.07, 6.45) is 2.15. The first-order valence-corrected chi connectivity index (χ1v) is 10.2. The maximum atomic E-state index is 13.0. The zero-order valence-electron chi connectivity index (χ0n) is 15.0. The van der Waals surface area contributed by atoms with E-state index in [1.54, 1.807) is 24.3 Å². The molecule has 0 aromatic heterocycles. The van der Waals surface area contributed by atoms with Gasteiger partial charge in [0.15, 0.2) is 0 Å². The van der Waals surface area contributed by atoms with Gasteiger partial charge in [0.05, 0.1) is 9.79 Å². The summed E-state index contributed by atoms with van der Waals surface area (Å²) in [6, 6.07) is 10.6. The van der Waals surface area contributed by atoms with Crippen molar-refractivity contribution in [2.24, 2.45) is 0 Å². The maximum absolute atomic E-state index is 13.0. The zero-order chi connectivity index (χ0) is 18.0. The summed E-state index contributed by atoms with van der Waals surface area (Å²) in [6.45, 7) is 7.60. The van der Waals surface area contributed by atoms with Gasteiger partial charge in [-0.15, -0.1) is 0 Å². The Bertz CT molecular complexity index is 828. The minimum atomic E-state index is -3.53. The van der Waals surface area contributed by atoms with E-state index in [0.29, 0.717) is 9.79 Å². The van der Waals surface area contributed by atoms with Crippen LogP contribution in [0.2, 0.25) is 0 Å². The van der Waals surface area contributed by atoms with Gasteiger partial charge < -0.3 is 10.1 Å². The van der Waals surface area contributed by atoms with Gasteiger partial charge in [0, 0.05) is 0 Å². The summed E-state index contributed by atoms with van der Waals surface area (Å²) < 4.78 is 32.0. The normalized spacial score (nSPS) is 16.0. The third-order valence-corrected chi connectivity index (χ3v) is 6.67. The highest BCUT2D eigenvalue weighted by atomic mass is 32.2. The molecule has 2 aromatic carbocycles. The minimum absolute atomic E-state index is 0.199. The highest BCUT2D eigenvalue weighted by molar-refractivity contribution is 7.91. The number of piperidine rings is 1. The lowest BCUT2D eigenvalue weighted by atomic mass is 10.1. The molecule has 0 atom stereocenters. The van der Waals surface area contributed by atoms with Gasteiger partial charge in [-0.2, -0.15) is 0 Å². The molecule has 0 unspecified atom stereocenters. The van der Waals surface area contributed by atoms with Crippen molar-refractivity contribution >= 4 is 9.84 Å². The molecule has 0 radical (unpaired) electrons. The van der Waals surface area contributed by atoms with E-state index in [2.05, 4.69) is 5.32 Å². The van der Waals surface area contributed by atoms with Gasteiger partial charge in [-0.25, -0.2) is 8.42 Å². The quantitative estimate of drug-likeness (QED) is 0.907. The number of hydrogen-bond acceptors (Lipinski definition) is 4. The van der Waals surface area contributed by atoms with Crippen LogP contribution in [0.5, 0.6) is 5.75 Å². The summed E-state index contributed by atoms with van der Waals surface area (Å²) in [5.74, 6) is 0.725. The Morgan fingerprint density at radius 3 is 2.08 bits per heavy atom. The Labute approximate surface area is 150 Å². The Balaban J connectivity index is 1.86. The first-order valence-electron chi connectivity index (χ1n) is 8.68. The molecule has 5 heteroatoms. The molecule has 134 valence electrons. The van der Waals surface area contributed by atoms with Crippen molar-refractivity contribution < 1.29 is 13.2 Å². The fourth-order valence-electron chi connectivity index (χ4n) is 3.51. The van der Waals surface area contributed by atoms with Gasteiger partial charge in [0.2, 0.25) is 9.84 Å². The molecule has 0 bridgehead atoms. The van der Waals surface area contributed by atoms with E-state index >= 15 is 0 Å². The lowest BCUT2D eigenvalue weighted by Gasteiger charge is -2.23. The van der Waals surface area contributed by atoms with Crippen LogP contribution in [0.15, 0.2) is 46.2 Å². The summed E-state index contributed by atoms with van der Waals surface area (Å²) in [7, 11) is -3.53. The second kappa shape index (κ2) is 7.18. The maximum Gasteiger partial charge on any atom is 0.207 e. The fourth-order valence-corrected chi connectivity index (χ4v) is 5.21. The van der Waals surface area contributed by atoms with Crippen LogP contribution < -0.4 is 10.1 Å². The summed E-state index contributed by atoms with van der Waals surface area (Å²) in [5, 5.41) is 3.30. The minimum Gasteiger partial charge on any atom is -0.490 e. The molecule has 0 spiro atoms. The van der Waals surface area contributed by atoms with Gasteiger partial charge in [-0.05, 0) is 82.1 Å². The Morgan fingerprint density at radius 2 is 1.52 bits per heavy atom. The third-order valence-electron chi connectivity index (χ3n) is 4.60. The van der Waals surface area contributed by atoms with Crippen LogP contribution >= 0.6 is 0 Å². The molecular weight excluding hydrogens is 334 g/mol. The largest absolute Gasteiger partial charge is 0.490 e. The van der Waals surface area contributed by atoms with E-state index in [0.717, 1.165) is 48.4 Å². The van der Waals surface area contributed by atoms with Crippen molar-refractivity contribution in [2.45, 2.75) is 49.5 Å². The lowest BCUT2D eigenvalue weighted by molar-refractivity contribution is 0.162. The number of sulfone groups is 1. The molecule has 0 aliphatic carbocycles. The number of aryl methyl sites for hydroxylation is 3. The third kappa shape index (κ3) is 3.88. The van der Waals surface area contributed by atoms with Gasteiger partial charge in [-0.1, -0.05) is 17.7 Å². The highest BCUT2D eigenvalue weighted by Crippen LogP contribution is 2.29. The predicted molar refractivity (Wildman–Crippen MR) is 99.1 cm³/mol. The van der Waals surface area contributed by atoms with Crippen molar-refractivity contribution in [2.75, 3.05) is 13.1 Å². The molecule has 2 aromatic rings. The molecule has 0 saturated carbocycles. The number of benzene rings is 2. The molecule has 3 rings (SSSR count). The fraction of sp³-hybridized carbons (Fsp3) is 0.400. The van der Waals surface area contributed by atoms with E-state index in [9.17, 15) is 8.42 Å². The van der Waals surface area contributed by atoms with Crippen LogP contribution in [-0.4, -0.2) is 27.6 Å². The average molecular weight is 359 g/mol. The lowest BCUT2D eigenvalue weighted by Crippen LogP contribution is -2.34. The van der Waals surface area contributed by atoms with Crippen molar-refractivity contribution in [3.63, 3.8) is 0 Å². The van der Waals surface area contributed by atoms with Crippen LogP contribution in [0.25, 0.3) is 0 Å². The van der Waals surface area contributed by atoms with Crippen molar-refractivity contribution in [1.29, 1.82) is 0 Å². The highest BCUT2D eigenvalue weighted by Gasteiger charge is 2.23. The van der Waals surface area contributed by atoms with E-state index in [1.165, 1.54) is 0 Å². The van der Waals surface area contributed by atoms with Gasteiger partial charge in [-0.3, -0.25) is 0 Å². The molecule has 1 fully saturated rings. The second-order valence-electron chi connectivity index (χ2n) is 6.77. The first kappa shape index (κ1) is 18.0. The van der Waals surface area contributed by atoms with Gasteiger partial charge in [0.1, 0.15) is 11.9 Å². The van der Waals surface area contributed by atoms with E-state index in [1.807, 2.05) is 32.9 Å². The number of ether oxygens (including phenoxy) is 1. The topological polar surface area (TPSA) is 55.4 Å². The molecule has 1 aliphatic heterocycles. The van der Waals surface area contributed by atoms with E-state index in [4.69, 9.17) is 4.74 Å². The molecule has 25 heavy (non-hydrogen) atoms. The number of nitrogens with one attached hydrogen (secondary N) is 1. The first-order chi connectivity index (χ1) is 11.9. The smallest absolute Gasteiger partial charge is 0.207 e. The summed E-state index contributed by atoms with van der Waals surface area (Å²) in [4.78, 5) is 0.713. The Morgan fingerprint density at radius 1 is 0.960 bits per heavy atom. The molecule has 1 N–H and O–H groups in total. The molecule has 1 saturated heterocycles. The monoisotopic (exact) mass is 359 g/mol. The molecular formula is C20H25NO3S. The molecule has 1 aliphatic rings. The Hall–Kier alpha value is -1.85. The standard InChI is InChI=1S/C20H25NO3S/c1-14-12-15(2)20(16(3)13-14)25(22,23)19-6-4-17(5-7-19)24-18-8-10-21-11-9-18/h4-7,12-13,18,21H,8-11H2,1-3H3. The van der Waals surface area contributed by atoms with Gasteiger partial charge >= 0.3 is 0 Å².